The van der Waals surface area contributed by atoms with Crippen molar-refractivity contribution >= 4 is 22.9 Å². The van der Waals surface area contributed by atoms with E-state index in [1.807, 2.05) is 0 Å². The molecule has 0 radical (unpaired) electrons. The number of ether oxygens (including phenoxy) is 2. The van der Waals surface area contributed by atoms with Crippen LogP contribution in [-0.4, -0.2) is 47.6 Å². The van der Waals surface area contributed by atoms with Gasteiger partial charge < -0.3 is 25.4 Å². The van der Waals surface area contributed by atoms with Crippen molar-refractivity contribution in [3.63, 3.8) is 0 Å². The molecular formula is C16H22BrN2O5+. The van der Waals surface area contributed by atoms with Crippen LogP contribution in [0.1, 0.15) is 29.4 Å². The van der Waals surface area contributed by atoms with E-state index >= 15 is 0 Å². The standard InChI is InChI=1S/C16H20N2O5.BrH/c1-2-3-4-8-22-14-12(10-19)23-16(13(14)20)18-7-5-6-11(9-18)15(17)21;/h1,5-7,9,12-14,16,19-20H,3-4,8,10H2,(H-,17,21);1H/p+1/t12-,13-,14-,16-;/m1./s1. The highest BCUT2D eigenvalue weighted by molar-refractivity contribution is 8.93. The molecule has 132 valence electrons. The molecule has 4 N–H and O–H groups in total. The first kappa shape index (κ1) is 20.5. The zero-order valence-corrected chi connectivity index (χ0v) is 14.8. The van der Waals surface area contributed by atoms with E-state index in [4.69, 9.17) is 21.6 Å². The zero-order chi connectivity index (χ0) is 16.8. The number of unbranched alkanes of at least 4 members (excludes halogenated alkanes) is 1. The molecule has 0 spiro atoms. The molecule has 1 aromatic rings. The van der Waals surface area contributed by atoms with Gasteiger partial charge in [-0.3, -0.25) is 4.79 Å². The molecule has 7 nitrogen and oxygen atoms in total. The molecule has 0 saturated carbocycles. The van der Waals surface area contributed by atoms with E-state index in [0.29, 0.717) is 25.0 Å². The second kappa shape index (κ2) is 9.71. The van der Waals surface area contributed by atoms with Gasteiger partial charge in [0, 0.05) is 19.1 Å². The summed E-state index contributed by atoms with van der Waals surface area (Å²) in [6.45, 7) is 0.0773. The molecule has 0 unspecified atom stereocenters. The lowest BCUT2D eigenvalue weighted by Crippen LogP contribution is -2.47. The van der Waals surface area contributed by atoms with Crippen LogP contribution in [-0.2, 0) is 9.47 Å². The lowest BCUT2D eigenvalue weighted by atomic mass is 10.1. The van der Waals surface area contributed by atoms with E-state index in [2.05, 4.69) is 5.92 Å². The molecule has 8 heteroatoms. The molecule has 2 rings (SSSR count). The Morgan fingerprint density at radius 2 is 2.29 bits per heavy atom. The van der Waals surface area contributed by atoms with Gasteiger partial charge in [-0.1, -0.05) is 0 Å². The summed E-state index contributed by atoms with van der Waals surface area (Å²) in [5, 5.41) is 19.9. The normalized spacial score (nSPS) is 25.7. The zero-order valence-electron chi connectivity index (χ0n) is 13.1. The van der Waals surface area contributed by atoms with Gasteiger partial charge in [0.15, 0.2) is 18.5 Å². The van der Waals surface area contributed by atoms with Crippen LogP contribution < -0.4 is 10.3 Å². The first-order chi connectivity index (χ1) is 11.1. The number of terminal acetylenes is 1. The van der Waals surface area contributed by atoms with E-state index in [1.165, 1.54) is 10.8 Å². The molecular weight excluding hydrogens is 380 g/mol. The number of rotatable bonds is 7. The van der Waals surface area contributed by atoms with Gasteiger partial charge in [-0.25, -0.2) is 0 Å². The van der Waals surface area contributed by atoms with Crippen LogP contribution in [0.4, 0.5) is 0 Å². The van der Waals surface area contributed by atoms with Crippen molar-refractivity contribution in [1.82, 2.24) is 0 Å². The maximum absolute atomic E-state index is 11.3. The fourth-order valence-corrected chi connectivity index (χ4v) is 2.51. The lowest BCUT2D eigenvalue weighted by Gasteiger charge is -2.18. The predicted octanol–water partition coefficient (Wildman–Crippen LogP) is -0.300. The molecule has 0 aromatic carbocycles. The third-order valence-electron chi connectivity index (χ3n) is 3.67. The van der Waals surface area contributed by atoms with E-state index in [-0.39, 0.29) is 23.6 Å². The van der Waals surface area contributed by atoms with Crippen molar-refractivity contribution in [3.05, 3.63) is 30.1 Å². The number of carbonyl (C=O) groups excluding carboxylic acids is 1. The summed E-state index contributed by atoms with van der Waals surface area (Å²) in [5.41, 5.74) is 5.55. The molecule has 1 aliphatic heterocycles. The predicted molar refractivity (Wildman–Crippen MR) is 90.3 cm³/mol. The number of nitrogens with zero attached hydrogens (tertiary/aromatic N) is 1. The molecule has 1 amide bonds. The van der Waals surface area contributed by atoms with Crippen LogP contribution in [0.5, 0.6) is 0 Å². The first-order valence-electron chi connectivity index (χ1n) is 7.38. The SMILES string of the molecule is Br.C#CCCCO[C@H]1[C@@H](O)[C@H]([n+]2cccc(C(N)=O)c2)O[C@@H]1CO. The summed E-state index contributed by atoms with van der Waals surface area (Å²) in [4.78, 5) is 11.3. The summed E-state index contributed by atoms with van der Waals surface area (Å²) in [5.74, 6) is 1.93. The Kier molecular flexibility index (Phi) is 8.31. The number of nitrogens with two attached hydrogens (primary N) is 1. The van der Waals surface area contributed by atoms with E-state index in [9.17, 15) is 15.0 Å². The third-order valence-corrected chi connectivity index (χ3v) is 3.67. The molecule has 1 saturated heterocycles. The highest BCUT2D eigenvalue weighted by Crippen LogP contribution is 2.27. The molecule has 0 bridgehead atoms. The number of aliphatic hydroxyl groups is 2. The summed E-state index contributed by atoms with van der Waals surface area (Å²) < 4.78 is 12.8. The summed E-state index contributed by atoms with van der Waals surface area (Å²) in [7, 11) is 0. The van der Waals surface area contributed by atoms with Crippen LogP contribution in [0.15, 0.2) is 24.5 Å². The minimum Gasteiger partial charge on any atom is -0.394 e. The van der Waals surface area contributed by atoms with Gasteiger partial charge in [-0.15, -0.1) is 29.3 Å². The Balaban J connectivity index is 0.00000288. The molecule has 24 heavy (non-hydrogen) atoms. The first-order valence-corrected chi connectivity index (χ1v) is 7.38. The van der Waals surface area contributed by atoms with Crippen LogP contribution >= 0.6 is 17.0 Å². The maximum atomic E-state index is 11.3. The minimum atomic E-state index is -0.994. The Bertz CT molecular complexity index is 592. The van der Waals surface area contributed by atoms with Gasteiger partial charge >= 0.3 is 0 Å². The molecule has 0 aliphatic carbocycles. The number of aromatic nitrogens is 1. The number of carbonyl (C=O) groups is 1. The van der Waals surface area contributed by atoms with Crippen LogP contribution in [0.3, 0.4) is 0 Å². The number of halogens is 1. The molecule has 2 heterocycles. The number of pyridine rings is 1. The van der Waals surface area contributed by atoms with Crippen molar-refractivity contribution in [2.75, 3.05) is 13.2 Å². The van der Waals surface area contributed by atoms with Gasteiger partial charge in [0.2, 0.25) is 0 Å². The van der Waals surface area contributed by atoms with Gasteiger partial charge in [0.25, 0.3) is 12.1 Å². The second-order valence-corrected chi connectivity index (χ2v) is 5.29. The molecule has 1 aromatic heterocycles. The summed E-state index contributed by atoms with van der Waals surface area (Å²) in [6.07, 6.45) is 6.45. The highest BCUT2D eigenvalue weighted by Gasteiger charge is 2.49. The van der Waals surface area contributed by atoms with Crippen molar-refractivity contribution in [2.24, 2.45) is 5.73 Å². The molecule has 1 fully saturated rings. The fourth-order valence-electron chi connectivity index (χ4n) is 2.51. The highest BCUT2D eigenvalue weighted by atomic mass is 79.9. The number of hydrogen-bond donors (Lipinski definition) is 3. The number of amides is 1. The van der Waals surface area contributed by atoms with Crippen LogP contribution in [0, 0.1) is 12.3 Å². The fraction of sp³-hybridized carbons (Fsp3) is 0.500. The van der Waals surface area contributed by atoms with Gasteiger partial charge in [-0.2, -0.15) is 4.57 Å². The Morgan fingerprint density at radius 1 is 1.54 bits per heavy atom. The second-order valence-electron chi connectivity index (χ2n) is 5.29. The van der Waals surface area contributed by atoms with E-state index in [0.717, 1.165) is 0 Å². The van der Waals surface area contributed by atoms with E-state index in [1.54, 1.807) is 18.3 Å². The number of aliphatic hydroxyl groups excluding tert-OH is 2. The van der Waals surface area contributed by atoms with Gasteiger partial charge in [0.05, 0.1) is 6.61 Å². The summed E-state index contributed by atoms with van der Waals surface area (Å²) in [6, 6.07) is 3.20. The summed E-state index contributed by atoms with van der Waals surface area (Å²) >= 11 is 0. The maximum Gasteiger partial charge on any atom is 0.292 e. The smallest absolute Gasteiger partial charge is 0.292 e. The number of hydrogen-bond acceptors (Lipinski definition) is 5. The average Bonchev–Trinajstić information content (AvgIpc) is 2.88. The molecule has 1 aliphatic rings. The Hall–Kier alpha value is -1.50. The van der Waals surface area contributed by atoms with Gasteiger partial charge in [-0.05, 0) is 12.5 Å². The van der Waals surface area contributed by atoms with Gasteiger partial charge in [0.1, 0.15) is 17.8 Å². The van der Waals surface area contributed by atoms with Crippen molar-refractivity contribution in [1.29, 1.82) is 0 Å². The topological polar surface area (TPSA) is 106 Å². The van der Waals surface area contributed by atoms with Crippen LogP contribution in [0.2, 0.25) is 0 Å². The minimum absolute atomic E-state index is 0. The quantitative estimate of drug-likeness (QED) is 0.330. The largest absolute Gasteiger partial charge is 0.394 e. The Morgan fingerprint density at radius 3 is 2.92 bits per heavy atom. The monoisotopic (exact) mass is 401 g/mol. The average molecular weight is 402 g/mol. The Labute approximate surface area is 151 Å². The van der Waals surface area contributed by atoms with Crippen molar-refractivity contribution in [2.45, 2.75) is 37.4 Å². The number of primary amides is 1. The van der Waals surface area contributed by atoms with Crippen molar-refractivity contribution in [3.8, 4) is 12.3 Å². The lowest BCUT2D eigenvalue weighted by molar-refractivity contribution is -0.765. The third kappa shape index (κ3) is 4.75. The van der Waals surface area contributed by atoms with E-state index < -0.39 is 30.4 Å². The molecule has 4 atom stereocenters. The van der Waals surface area contributed by atoms with Crippen molar-refractivity contribution < 1.29 is 29.0 Å². The van der Waals surface area contributed by atoms with Crippen LogP contribution in [0.25, 0.3) is 0 Å².